The number of rotatable bonds is 11. The van der Waals surface area contributed by atoms with Crippen molar-refractivity contribution in [3.8, 4) is 5.75 Å². The van der Waals surface area contributed by atoms with E-state index in [1.54, 1.807) is 7.11 Å². The van der Waals surface area contributed by atoms with Gasteiger partial charge in [0.15, 0.2) is 0 Å². The summed E-state index contributed by atoms with van der Waals surface area (Å²) in [5, 5.41) is 8.57. The zero-order valence-corrected chi connectivity index (χ0v) is 21.0. The van der Waals surface area contributed by atoms with E-state index >= 15 is 0 Å². The van der Waals surface area contributed by atoms with E-state index in [1.807, 2.05) is 43.4 Å². The Morgan fingerprint density at radius 2 is 1.70 bits per heavy atom. The monoisotopic (exact) mass is 482 g/mol. The van der Waals surface area contributed by atoms with Gasteiger partial charge in [-0.1, -0.05) is 85.2 Å². The molecule has 0 amide bonds. The Morgan fingerprint density at radius 1 is 1.00 bits per heavy atom. The van der Waals surface area contributed by atoms with Crippen molar-refractivity contribution in [1.82, 2.24) is 10.6 Å². The minimum Gasteiger partial charge on any atom is -0.496 e. The molecule has 0 aliphatic carbocycles. The summed E-state index contributed by atoms with van der Waals surface area (Å²) < 4.78 is 5.56. The lowest BCUT2D eigenvalue weighted by Crippen LogP contribution is -2.32. The first-order valence-corrected chi connectivity index (χ1v) is 12.0. The van der Waals surface area contributed by atoms with Crippen LogP contribution in [0.5, 0.6) is 5.75 Å². The van der Waals surface area contributed by atoms with Gasteiger partial charge >= 0.3 is 0 Å². The predicted octanol–water partition coefficient (Wildman–Crippen LogP) is 7.30. The van der Waals surface area contributed by atoms with Crippen LogP contribution in [-0.4, -0.2) is 14.2 Å². The van der Waals surface area contributed by atoms with Crippen LogP contribution in [0.4, 0.5) is 0 Å². The number of methoxy groups -OCH3 is 1. The molecule has 0 bridgehead atoms. The smallest absolute Gasteiger partial charge is 0.123 e. The Hall–Kier alpha value is -2.46. The second-order valence-corrected chi connectivity index (χ2v) is 8.82. The zero-order chi connectivity index (χ0) is 23.8. The molecule has 3 rings (SSSR count). The largest absolute Gasteiger partial charge is 0.496 e. The van der Waals surface area contributed by atoms with Crippen molar-refractivity contribution in [1.29, 1.82) is 0 Å². The minimum atomic E-state index is -0.0744. The van der Waals surface area contributed by atoms with Gasteiger partial charge in [-0.25, -0.2) is 0 Å². The number of hydrogen-bond donors (Lipinski definition) is 2. The van der Waals surface area contributed by atoms with Crippen LogP contribution < -0.4 is 15.4 Å². The maximum Gasteiger partial charge on any atom is 0.123 e. The predicted molar refractivity (Wildman–Crippen MR) is 140 cm³/mol. The zero-order valence-electron chi connectivity index (χ0n) is 19.5. The molecule has 0 aromatic heterocycles. The Kier molecular flexibility index (Phi) is 9.25. The Labute approximate surface area is 207 Å². The van der Waals surface area contributed by atoms with Crippen LogP contribution in [0, 0.1) is 0 Å². The molecule has 2 N–H and O–H groups in total. The summed E-state index contributed by atoms with van der Waals surface area (Å²) in [6, 6.07) is 22.4. The molecule has 3 aromatic carbocycles. The quantitative estimate of drug-likeness (QED) is 0.300. The van der Waals surface area contributed by atoms with E-state index < -0.39 is 0 Å². The standard InChI is InChI=1S/C28H32Cl2N2O/c1-5-23-26(33-4)18-16-24(27(23)30)25(17-13-20-11-14-22(29)15-12-20)32-28(19(2)31-3)21-9-7-6-8-10-21/h6-12,14-16,18,25,28,31-32H,2,5,13,17H2,1,3-4H3/t25-,28+/m1/s1. The van der Waals surface area contributed by atoms with Crippen molar-refractivity contribution in [2.75, 3.05) is 14.2 Å². The van der Waals surface area contributed by atoms with Crippen molar-refractivity contribution >= 4 is 23.2 Å². The second-order valence-electron chi connectivity index (χ2n) is 8.01. The van der Waals surface area contributed by atoms with Gasteiger partial charge < -0.3 is 10.1 Å². The Balaban J connectivity index is 1.99. The van der Waals surface area contributed by atoms with Crippen LogP contribution >= 0.6 is 23.2 Å². The topological polar surface area (TPSA) is 33.3 Å². The molecule has 0 heterocycles. The van der Waals surface area contributed by atoms with Gasteiger partial charge in [-0.05, 0) is 54.2 Å². The molecule has 0 aliphatic rings. The van der Waals surface area contributed by atoms with Crippen molar-refractivity contribution in [2.24, 2.45) is 0 Å². The van der Waals surface area contributed by atoms with E-state index in [-0.39, 0.29) is 12.1 Å². The van der Waals surface area contributed by atoms with E-state index in [1.165, 1.54) is 5.56 Å². The molecule has 0 unspecified atom stereocenters. The third-order valence-corrected chi connectivity index (χ3v) is 6.68. The van der Waals surface area contributed by atoms with Crippen molar-refractivity contribution in [3.63, 3.8) is 0 Å². The van der Waals surface area contributed by atoms with Gasteiger partial charge in [0.1, 0.15) is 5.75 Å². The van der Waals surface area contributed by atoms with Gasteiger partial charge in [0, 0.05) is 29.4 Å². The van der Waals surface area contributed by atoms with Crippen LogP contribution in [0.2, 0.25) is 10.0 Å². The highest BCUT2D eigenvalue weighted by atomic mass is 35.5. The summed E-state index contributed by atoms with van der Waals surface area (Å²) in [4.78, 5) is 0. The van der Waals surface area contributed by atoms with E-state index in [9.17, 15) is 0 Å². The molecular weight excluding hydrogens is 451 g/mol. The first kappa shape index (κ1) is 25.2. The van der Waals surface area contributed by atoms with Gasteiger partial charge in [-0.3, -0.25) is 5.32 Å². The Bertz CT molecular complexity index is 1050. The van der Waals surface area contributed by atoms with E-state index in [0.717, 1.165) is 57.4 Å². The van der Waals surface area contributed by atoms with Gasteiger partial charge in [0.2, 0.25) is 0 Å². The summed E-state index contributed by atoms with van der Waals surface area (Å²) in [6.45, 7) is 6.36. The third-order valence-electron chi connectivity index (χ3n) is 5.98. The summed E-state index contributed by atoms with van der Waals surface area (Å²) in [5.74, 6) is 0.821. The first-order valence-electron chi connectivity index (χ1n) is 11.3. The number of nitrogens with one attached hydrogen (secondary N) is 2. The number of aryl methyl sites for hydroxylation is 1. The van der Waals surface area contributed by atoms with Crippen molar-refractivity contribution in [3.05, 3.63) is 111 Å². The lowest BCUT2D eigenvalue weighted by molar-refractivity contribution is 0.408. The lowest BCUT2D eigenvalue weighted by Gasteiger charge is -2.29. The van der Waals surface area contributed by atoms with E-state index in [0.29, 0.717) is 0 Å². The van der Waals surface area contributed by atoms with Crippen LogP contribution in [-0.2, 0) is 12.8 Å². The molecule has 33 heavy (non-hydrogen) atoms. The molecule has 2 atom stereocenters. The van der Waals surface area contributed by atoms with Gasteiger partial charge in [-0.15, -0.1) is 0 Å². The van der Waals surface area contributed by atoms with Crippen molar-refractivity contribution in [2.45, 2.75) is 38.3 Å². The number of benzene rings is 3. The van der Waals surface area contributed by atoms with Gasteiger partial charge in [0.25, 0.3) is 0 Å². The van der Waals surface area contributed by atoms with Crippen LogP contribution in [0.25, 0.3) is 0 Å². The van der Waals surface area contributed by atoms with Crippen LogP contribution in [0.3, 0.4) is 0 Å². The first-order chi connectivity index (χ1) is 16.0. The fourth-order valence-corrected chi connectivity index (χ4v) is 4.64. The summed E-state index contributed by atoms with van der Waals surface area (Å²) in [6.07, 6.45) is 2.54. The summed E-state index contributed by atoms with van der Waals surface area (Å²) >= 11 is 13.0. The number of halogens is 2. The fraction of sp³-hybridized carbons (Fsp3) is 0.286. The molecule has 3 nitrogen and oxygen atoms in total. The van der Waals surface area contributed by atoms with Gasteiger partial charge in [-0.2, -0.15) is 0 Å². The lowest BCUT2D eigenvalue weighted by atomic mass is 9.94. The highest BCUT2D eigenvalue weighted by molar-refractivity contribution is 6.32. The molecule has 0 aliphatic heterocycles. The van der Waals surface area contributed by atoms with Gasteiger partial charge in [0.05, 0.1) is 18.2 Å². The third kappa shape index (κ3) is 6.32. The Morgan fingerprint density at radius 3 is 2.30 bits per heavy atom. The second kappa shape index (κ2) is 12.1. The molecule has 174 valence electrons. The molecule has 0 saturated carbocycles. The number of ether oxygens (including phenoxy) is 1. The summed E-state index contributed by atoms with van der Waals surface area (Å²) in [7, 11) is 3.58. The molecule has 0 radical (unpaired) electrons. The molecule has 0 fully saturated rings. The van der Waals surface area contributed by atoms with E-state index in [2.05, 4.69) is 54.5 Å². The number of likely N-dealkylation sites (N-methyl/N-ethyl adjacent to an activating group) is 1. The highest BCUT2D eigenvalue weighted by Gasteiger charge is 2.24. The maximum atomic E-state index is 6.96. The normalized spacial score (nSPS) is 12.8. The van der Waals surface area contributed by atoms with Crippen molar-refractivity contribution < 1.29 is 4.74 Å². The minimum absolute atomic E-state index is 0.000287. The van der Waals surface area contributed by atoms with E-state index in [4.69, 9.17) is 27.9 Å². The maximum absolute atomic E-state index is 6.96. The fourth-order valence-electron chi connectivity index (χ4n) is 4.09. The molecule has 3 aromatic rings. The summed E-state index contributed by atoms with van der Waals surface area (Å²) in [5.41, 5.74) is 5.37. The van der Waals surface area contributed by atoms with Crippen LogP contribution in [0.1, 0.15) is 47.7 Å². The molecule has 0 spiro atoms. The molecule has 0 saturated heterocycles. The highest BCUT2D eigenvalue weighted by Crippen LogP contribution is 2.37. The SMILES string of the molecule is C=C(NC)[C@H](N[C@H](CCc1ccc(Cl)cc1)c1ccc(OC)c(CC)c1Cl)c1ccccc1. The number of hydrogen-bond acceptors (Lipinski definition) is 3. The molecule has 5 heteroatoms. The van der Waals surface area contributed by atoms with Crippen LogP contribution in [0.15, 0.2) is 79.0 Å². The average molecular weight is 483 g/mol. The average Bonchev–Trinajstić information content (AvgIpc) is 2.85. The molecular formula is C28H32Cl2N2O.